The predicted molar refractivity (Wildman–Crippen MR) is 109 cm³/mol. The zero-order valence-electron chi connectivity index (χ0n) is 16.3. The van der Waals surface area contributed by atoms with Gasteiger partial charge in [0.15, 0.2) is 5.13 Å². The zero-order chi connectivity index (χ0) is 19.4. The van der Waals surface area contributed by atoms with Crippen LogP contribution < -0.4 is 5.32 Å². The molecule has 2 aromatic heterocycles. The van der Waals surface area contributed by atoms with Gasteiger partial charge in [0.25, 0.3) is 0 Å². The minimum Gasteiger partial charge on any atom is -0.338 e. The second-order valence-electron chi connectivity index (χ2n) is 7.08. The summed E-state index contributed by atoms with van der Waals surface area (Å²) in [4.78, 5) is 29.8. The molecule has 0 saturated carbocycles. The average molecular weight is 387 g/mol. The second kappa shape index (κ2) is 8.58. The van der Waals surface area contributed by atoms with E-state index >= 15 is 0 Å². The van der Waals surface area contributed by atoms with E-state index in [9.17, 15) is 4.79 Å². The van der Waals surface area contributed by atoms with Crippen molar-refractivity contribution in [2.24, 2.45) is 0 Å². The fraction of sp³-hybridized carbons (Fsp3) is 0.474. The molecular formula is C19H26N6OS. The Labute approximate surface area is 164 Å². The van der Waals surface area contributed by atoms with Crippen molar-refractivity contribution in [2.45, 2.75) is 26.2 Å². The molecule has 1 unspecified atom stereocenters. The first-order valence-corrected chi connectivity index (χ1v) is 9.93. The molecule has 8 heteroatoms. The first-order valence-electron chi connectivity index (χ1n) is 9.05. The van der Waals surface area contributed by atoms with Crippen molar-refractivity contribution in [1.82, 2.24) is 24.8 Å². The molecule has 27 heavy (non-hydrogen) atoms. The number of likely N-dealkylation sites (N-methyl/N-ethyl adjacent to an activating group) is 1. The van der Waals surface area contributed by atoms with Crippen molar-refractivity contribution < 1.29 is 4.79 Å². The molecule has 0 aromatic carbocycles. The topological polar surface area (TPSA) is 74.2 Å². The highest BCUT2D eigenvalue weighted by atomic mass is 32.1. The molecule has 0 radical (unpaired) electrons. The summed E-state index contributed by atoms with van der Waals surface area (Å²) in [5.74, 6) is 1.78. The van der Waals surface area contributed by atoms with E-state index in [-0.39, 0.29) is 11.8 Å². The maximum Gasteiger partial charge on any atom is 0.246 e. The lowest BCUT2D eigenvalue weighted by Crippen LogP contribution is -2.27. The first-order chi connectivity index (χ1) is 12.9. The Morgan fingerprint density at radius 2 is 2.19 bits per heavy atom. The molecule has 7 nitrogen and oxygen atoms in total. The summed E-state index contributed by atoms with van der Waals surface area (Å²) in [6.45, 7) is 6.07. The molecule has 0 bridgehead atoms. The van der Waals surface area contributed by atoms with E-state index in [1.807, 2.05) is 55.3 Å². The molecule has 1 atom stereocenters. The number of hydrogen-bond acceptors (Lipinski definition) is 7. The molecule has 0 spiro atoms. The van der Waals surface area contributed by atoms with Gasteiger partial charge in [0, 0.05) is 43.1 Å². The van der Waals surface area contributed by atoms with Gasteiger partial charge in [-0.15, -0.1) is 11.3 Å². The zero-order valence-corrected chi connectivity index (χ0v) is 17.1. The molecule has 1 saturated heterocycles. The van der Waals surface area contributed by atoms with Gasteiger partial charge >= 0.3 is 0 Å². The number of amides is 1. The quantitative estimate of drug-likeness (QED) is 0.770. The molecule has 1 fully saturated rings. The minimum atomic E-state index is 0.0711. The summed E-state index contributed by atoms with van der Waals surface area (Å²) >= 11 is 1.56. The number of anilines is 2. The summed E-state index contributed by atoms with van der Waals surface area (Å²) in [5, 5.41) is 6.09. The smallest absolute Gasteiger partial charge is 0.246 e. The fourth-order valence-electron chi connectivity index (χ4n) is 3.06. The number of likely N-dealkylation sites (tertiary alicyclic amines) is 1. The maximum absolute atomic E-state index is 12.3. The van der Waals surface area contributed by atoms with Crippen molar-refractivity contribution in [3.05, 3.63) is 40.8 Å². The fourth-order valence-corrected chi connectivity index (χ4v) is 3.75. The summed E-state index contributed by atoms with van der Waals surface area (Å²) in [5.41, 5.74) is 1.96. The van der Waals surface area contributed by atoms with Gasteiger partial charge in [-0.05, 0) is 34.4 Å². The van der Waals surface area contributed by atoms with Gasteiger partial charge in [-0.1, -0.05) is 6.08 Å². The van der Waals surface area contributed by atoms with Crippen LogP contribution in [0.25, 0.3) is 0 Å². The molecule has 1 aliphatic rings. The van der Waals surface area contributed by atoms with E-state index in [4.69, 9.17) is 0 Å². The number of thiazole rings is 1. The van der Waals surface area contributed by atoms with E-state index in [1.165, 1.54) is 0 Å². The van der Waals surface area contributed by atoms with Gasteiger partial charge in [0.1, 0.15) is 11.6 Å². The molecular weight excluding hydrogens is 360 g/mol. The van der Waals surface area contributed by atoms with Crippen LogP contribution in [0.5, 0.6) is 0 Å². The summed E-state index contributed by atoms with van der Waals surface area (Å²) in [6.07, 6.45) is 4.49. The molecule has 3 heterocycles. The first kappa shape index (κ1) is 19.4. The van der Waals surface area contributed by atoms with E-state index in [1.54, 1.807) is 17.4 Å². The van der Waals surface area contributed by atoms with Crippen molar-refractivity contribution in [3.63, 3.8) is 0 Å². The Morgan fingerprint density at radius 3 is 2.89 bits per heavy atom. The Morgan fingerprint density at radius 1 is 1.37 bits per heavy atom. The van der Waals surface area contributed by atoms with Crippen molar-refractivity contribution in [1.29, 1.82) is 0 Å². The Hall–Kier alpha value is -2.32. The Bertz CT molecular complexity index is 831. The second-order valence-corrected chi connectivity index (χ2v) is 7.94. The van der Waals surface area contributed by atoms with Crippen LogP contribution in [-0.4, -0.2) is 64.4 Å². The molecule has 3 rings (SSSR count). The third kappa shape index (κ3) is 5.33. The lowest BCUT2D eigenvalue weighted by Gasteiger charge is -2.15. The number of nitrogens with one attached hydrogen (secondary N) is 1. The van der Waals surface area contributed by atoms with Gasteiger partial charge in [-0.25, -0.2) is 15.0 Å². The third-order valence-corrected chi connectivity index (χ3v) is 5.24. The van der Waals surface area contributed by atoms with Gasteiger partial charge in [0.2, 0.25) is 5.91 Å². The number of carbonyl (C=O) groups excluding carboxylic acids is 1. The molecule has 1 N–H and O–H groups in total. The molecule has 1 aliphatic heterocycles. The minimum absolute atomic E-state index is 0.0711. The number of carbonyl (C=O) groups is 1. The van der Waals surface area contributed by atoms with Gasteiger partial charge in [0.05, 0.1) is 11.4 Å². The van der Waals surface area contributed by atoms with Crippen molar-refractivity contribution in [3.8, 4) is 0 Å². The van der Waals surface area contributed by atoms with Gasteiger partial charge in [-0.2, -0.15) is 0 Å². The highest BCUT2D eigenvalue weighted by molar-refractivity contribution is 7.13. The third-order valence-electron chi connectivity index (χ3n) is 4.36. The SMILES string of the molecule is Cc1csc(Nc2cc(C3CCN(C(=O)C=CCN(C)C)C3)nc(C)n2)n1. The molecule has 1 amide bonds. The van der Waals surface area contributed by atoms with E-state index in [0.29, 0.717) is 6.54 Å². The number of hydrogen-bond donors (Lipinski definition) is 1. The number of nitrogens with zero attached hydrogens (tertiary/aromatic N) is 5. The van der Waals surface area contributed by atoms with Crippen molar-refractivity contribution in [2.75, 3.05) is 39.0 Å². The summed E-state index contributed by atoms with van der Waals surface area (Å²) < 4.78 is 0. The lowest BCUT2D eigenvalue weighted by atomic mass is 10.0. The van der Waals surface area contributed by atoms with E-state index in [2.05, 4.69) is 20.3 Å². The van der Waals surface area contributed by atoms with E-state index in [0.717, 1.165) is 47.7 Å². The largest absolute Gasteiger partial charge is 0.338 e. The van der Waals surface area contributed by atoms with Crippen LogP contribution in [0.1, 0.15) is 29.6 Å². The van der Waals surface area contributed by atoms with Crippen LogP contribution in [0, 0.1) is 13.8 Å². The average Bonchev–Trinajstić information content (AvgIpc) is 3.23. The standard InChI is InChI=1S/C19H26N6OS/c1-13-12-27-19(20-13)23-17-10-16(21-14(2)22-17)15-7-9-25(11-15)18(26)6-5-8-24(3)4/h5-6,10,12,15H,7-9,11H2,1-4H3,(H,20,21,22,23). The molecule has 144 valence electrons. The van der Waals surface area contributed by atoms with Gasteiger partial charge < -0.3 is 15.1 Å². The highest BCUT2D eigenvalue weighted by Gasteiger charge is 2.27. The highest BCUT2D eigenvalue weighted by Crippen LogP contribution is 2.28. The van der Waals surface area contributed by atoms with Crippen molar-refractivity contribution >= 4 is 28.2 Å². The van der Waals surface area contributed by atoms with Crippen LogP contribution >= 0.6 is 11.3 Å². The number of aromatic nitrogens is 3. The Balaban J connectivity index is 1.66. The van der Waals surface area contributed by atoms with Crippen LogP contribution in [0.15, 0.2) is 23.6 Å². The predicted octanol–water partition coefficient (Wildman–Crippen LogP) is 2.73. The molecule has 0 aliphatic carbocycles. The summed E-state index contributed by atoms with van der Waals surface area (Å²) in [7, 11) is 3.97. The number of aryl methyl sites for hydroxylation is 2. The summed E-state index contributed by atoms with van der Waals surface area (Å²) in [6, 6.07) is 1.98. The van der Waals surface area contributed by atoms with Crippen LogP contribution in [0.4, 0.5) is 10.9 Å². The number of rotatable bonds is 6. The van der Waals surface area contributed by atoms with Gasteiger partial charge in [-0.3, -0.25) is 4.79 Å². The normalized spacial score (nSPS) is 17.2. The lowest BCUT2D eigenvalue weighted by molar-refractivity contribution is -0.125. The van der Waals surface area contributed by atoms with Crippen LogP contribution in [-0.2, 0) is 4.79 Å². The monoisotopic (exact) mass is 386 g/mol. The van der Waals surface area contributed by atoms with Crippen LogP contribution in [0.3, 0.4) is 0 Å². The Kier molecular flexibility index (Phi) is 6.18. The van der Waals surface area contributed by atoms with Crippen LogP contribution in [0.2, 0.25) is 0 Å². The molecule has 2 aromatic rings. The van der Waals surface area contributed by atoms with E-state index < -0.39 is 0 Å². The maximum atomic E-state index is 12.3.